The molecule has 5 aromatic rings. The normalized spacial score (nSPS) is 13.6. The molecule has 0 aliphatic heterocycles. The molecule has 1 fully saturated rings. The highest BCUT2D eigenvalue weighted by atomic mass is 32.1. The molecule has 44 heavy (non-hydrogen) atoms. The number of rotatable bonds is 6. The summed E-state index contributed by atoms with van der Waals surface area (Å²) in [5.74, 6) is -1.52. The summed E-state index contributed by atoms with van der Waals surface area (Å²) in [4.78, 5) is 67.1. The van der Waals surface area contributed by atoms with Crippen molar-refractivity contribution in [2.75, 3.05) is 31.4 Å². The molecule has 0 spiro atoms. The fourth-order valence-corrected chi connectivity index (χ4v) is 6.73. The number of nitrogens with zero attached hydrogens (tertiary/aromatic N) is 5. The molecule has 11 heteroatoms. The van der Waals surface area contributed by atoms with Gasteiger partial charge in [-0.3, -0.25) is 24.5 Å². The second-order valence-electron chi connectivity index (χ2n) is 11.2. The highest BCUT2D eigenvalue weighted by Crippen LogP contribution is 2.40. The van der Waals surface area contributed by atoms with Crippen molar-refractivity contribution in [1.82, 2.24) is 19.4 Å². The first-order chi connectivity index (χ1) is 21.2. The monoisotopic (exact) mass is 608 g/mol. The highest BCUT2D eigenvalue weighted by Gasteiger charge is 2.29. The fraction of sp³-hybridized carbons (Fsp3) is 0.273. The van der Waals surface area contributed by atoms with Crippen molar-refractivity contribution in [3.63, 3.8) is 0 Å². The summed E-state index contributed by atoms with van der Waals surface area (Å²) in [6.07, 6.45) is 5.45. The maximum absolute atomic E-state index is 14.0. The van der Waals surface area contributed by atoms with E-state index < -0.39 is 17.4 Å². The molecule has 0 unspecified atom stereocenters. The molecule has 10 nitrogen and oxygen atoms in total. The molecular weight excluding hydrogens is 576 g/mol. The molecule has 0 radical (unpaired) electrons. The largest absolute Gasteiger partial charge is 0.370 e. The molecule has 1 saturated carbocycles. The van der Waals surface area contributed by atoms with E-state index in [0.29, 0.717) is 26.4 Å². The van der Waals surface area contributed by atoms with Crippen LogP contribution < -0.4 is 15.8 Å². The maximum Gasteiger partial charge on any atom is 0.289 e. The predicted molar refractivity (Wildman–Crippen MR) is 173 cm³/mol. The third-order valence-corrected chi connectivity index (χ3v) is 9.03. The predicted octanol–water partition coefficient (Wildman–Crippen LogP) is 5.42. The number of fused-ring (bicyclic) bond motifs is 3. The van der Waals surface area contributed by atoms with Gasteiger partial charge in [0.2, 0.25) is 0 Å². The lowest BCUT2D eigenvalue weighted by atomic mass is 9.94. The molecule has 2 amide bonds. The van der Waals surface area contributed by atoms with Gasteiger partial charge in [0.1, 0.15) is 5.52 Å². The van der Waals surface area contributed by atoms with Crippen LogP contribution in [0.3, 0.4) is 0 Å². The van der Waals surface area contributed by atoms with Gasteiger partial charge in [-0.25, -0.2) is 14.5 Å². The molecule has 6 rings (SSSR count). The molecular formula is C33H32N6O4S. The lowest BCUT2D eigenvalue weighted by Gasteiger charge is -2.33. The minimum atomic E-state index is -0.817. The van der Waals surface area contributed by atoms with Crippen LogP contribution in [0.25, 0.3) is 21.3 Å². The van der Waals surface area contributed by atoms with Crippen molar-refractivity contribution in [3.8, 4) is 0 Å². The van der Waals surface area contributed by atoms with Crippen molar-refractivity contribution >= 4 is 61.1 Å². The molecule has 0 atom stereocenters. The van der Waals surface area contributed by atoms with Crippen molar-refractivity contribution in [1.29, 1.82) is 0 Å². The second kappa shape index (κ2) is 12.0. The number of thiazole rings is 1. The third-order valence-electron chi connectivity index (χ3n) is 8.05. The van der Waals surface area contributed by atoms with E-state index in [2.05, 4.69) is 15.2 Å². The highest BCUT2D eigenvalue weighted by molar-refractivity contribution is 7.23. The fourth-order valence-electron chi connectivity index (χ4n) is 5.71. The maximum atomic E-state index is 14.0. The van der Waals surface area contributed by atoms with Crippen LogP contribution in [0.5, 0.6) is 0 Å². The Hall–Kier alpha value is -4.90. The van der Waals surface area contributed by atoms with E-state index in [0.717, 1.165) is 35.9 Å². The van der Waals surface area contributed by atoms with Gasteiger partial charge in [0, 0.05) is 38.3 Å². The van der Waals surface area contributed by atoms with Gasteiger partial charge >= 0.3 is 0 Å². The molecule has 2 heterocycles. The number of hydrogen-bond donors (Lipinski definition) is 1. The molecule has 3 aromatic carbocycles. The van der Waals surface area contributed by atoms with E-state index >= 15 is 0 Å². The summed E-state index contributed by atoms with van der Waals surface area (Å²) < 4.78 is 1.54. The van der Waals surface area contributed by atoms with Crippen molar-refractivity contribution in [2.45, 2.75) is 38.1 Å². The van der Waals surface area contributed by atoms with Crippen LogP contribution in [0.1, 0.15) is 63.3 Å². The second-order valence-corrected chi connectivity index (χ2v) is 12.2. The van der Waals surface area contributed by atoms with E-state index in [1.165, 1.54) is 36.8 Å². The number of carbonyl (C=O) groups is 3. The Balaban J connectivity index is 1.63. The minimum Gasteiger partial charge on any atom is -0.370 e. The summed E-state index contributed by atoms with van der Waals surface area (Å²) in [5.41, 5.74) is 1.44. The Bertz CT molecular complexity index is 1950. The molecule has 1 aliphatic rings. The summed E-state index contributed by atoms with van der Waals surface area (Å²) in [6, 6.07) is 19.3. The van der Waals surface area contributed by atoms with Gasteiger partial charge < -0.3 is 9.80 Å². The lowest BCUT2D eigenvalue weighted by molar-refractivity contribution is 0.0819. The van der Waals surface area contributed by atoms with E-state index in [-0.39, 0.29) is 28.7 Å². The third kappa shape index (κ3) is 5.35. The first-order valence-corrected chi connectivity index (χ1v) is 15.4. The molecule has 1 aliphatic carbocycles. The van der Waals surface area contributed by atoms with E-state index in [1.54, 1.807) is 60.7 Å². The zero-order chi connectivity index (χ0) is 31.0. The number of amides is 2. The van der Waals surface area contributed by atoms with Crippen LogP contribution in [0.4, 0.5) is 10.8 Å². The minimum absolute atomic E-state index is 0.243. The van der Waals surface area contributed by atoms with Gasteiger partial charge in [0.05, 0.1) is 21.4 Å². The van der Waals surface area contributed by atoms with Gasteiger partial charge in [0.15, 0.2) is 10.8 Å². The van der Waals surface area contributed by atoms with Crippen LogP contribution in [0.2, 0.25) is 0 Å². The molecule has 2 aromatic heterocycles. The number of aromatic nitrogens is 3. The molecule has 1 N–H and O–H groups in total. The van der Waals surface area contributed by atoms with Crippen LogP contribution in [-0.2, 0) is 0 Å². The van der Waals surface area contributed by atoms with E-state index in [4.69, 9.17) is 4.98 Å². The zero-order valence-corrected chi connectivity index (χ0v) is 25.6. The number of benzene rings is 3. The van der Waals surface area contributed by atoms with Crippen molar-refractivity contribution in [3.05, 3.63) is 93.9 Å². The number of hydrogen-bond acceptors (Lipinski definition) is 8. The van der Waals surface area contributed by atoms with Crippen LogP contribution in [0.15, 0.2) is 71.5 Å². The zero-order valence-electron chi connectivity index (χ0n) is 24.7. The summed E-state index contributed by atoms with van der Waals surface area (Å²) >= 11 is 1.17. The standard InChI is InChI=1S/C33H32N6O4S/c1-37(2)31(42)26-32(43)39(30(41)21-15-9-5-10-16-21)27-23(34-26)19-24(38(3)22-17-11-6-12-18-22)25-28(27)44-33(35-25)36-29(40)20-13-7-4-8-14-20/h4-5,7-10,13-16,19,22H,6,11-12,17-18H2,1-3H3,(H,35,36,40). The Morgan fingerprint density at radius 3 is 2.16 bits per heavy atom. The lowest BCUT2D eigenvalue weighted by Crippen LogP contribution is -2.37. The van der Waals surface area contributed by atoms with E-state index in [1.807, 2.05) is 13.1 Å². The Morgan fingerprint density at radius 1 is 0.886 bits per heavy atom. The van der Waals surface area contributed by atoms with Crippen LogP contribution in [0, 0.1) is 0 Å². The molecule has 224 valence electrons. The van der Waals surface area contributed by atoms with Gasteiger partial charge in [-0.2, -0.15) is 0 Å². The smallest absolute Gasteiger partial charge is 0.289 e. The average molecular weight is 609 g/mol. The average Bonchev–Trinajstić information content (AvgIpc) is 3.48. The van der Waals surface area contributed by atoms with Gasteiger partial charge in [-0.1, -0.05) is 67.0 Å². The molecule has 0 saturated heterocycles. The number of carbonyl (C=O) groups excluding carboxylic acids is 3. The van der Waals surface area contributed by atoms with Gasteiger partial charge in [-0.05, 0) is 43.2 Å². The summed E-state index contributed by atoms with van der Waals surface area (Å²) in [7, 11) is 5.08. The van der Waals surface area contributed by atoms with E-state index in [9.17, 15) is 19.2 Å². The molecule has 0 bridgehead atoms. The van der Waals surface area contributed by atoms with Crippen molar-refractivity contribution in [2.24, 2.45) is 0 Å². The van der Waals surface area contributed by atoms with Crippen LogP contribution >= 0.6 is 11.3 Å². The summed E-state index contributed by atoms with van der Waals surface area (Å²) in [6.45, 7) is 0. The SMILES string of the molecule is CN(C)C(=O)c1nc2cc(N(C)C3CCCCC3)c3nc(NC(=O)c4ccccc4)sc3c2n(C(=O)c2ccccc2)c1=O. The van der Waals surface area contributed by atoms with Gasteiger partial charge in [0.25, 0.3) is 23.3 Å². The van der Waals surface area contributed by atoms with Crippen LogP contribution in [-0.4, -0.2) is 64.3 Å². The number of nitrogens with one attached hydrogen (secondary N) is 1. The topological polar surface area (TPSA) is 118 Å². The first-order valence-electron chi connectivity index (χ1n) is 14.6. The number of anilines is 2. The summed E-state index contributed by atoms with van der Waals surface area (Å²) in [5, 5.41) is 3.21. The Kier molecular flexibility index (Phi) is 7.96. The van der Waals surface area contributed by atoms with Gasteiger partial charge in [-0.15, -0.1) is 0 Å². The first kappa shape index (κ1) is 29.2. The van der Waals surface area contributed by atoms with Crippen molar-refractivity contribution < 1.29 is 14.4 Å². The quantitative estimate of drug-likeness (QED) is 0.274. The Labute approximate surface area is 258 Å². The Morgan fingerprint density at radius 2 is 1.52 bits per heavy atom.